The van der Waals surface area contributed by atoms with Gasteiger partial charge in [-0.1, -0.05) is 32.0 Å². The lowest BCUT2D eigenvalue weighted by atomic mass is 9.80. The van der Waals surface area contributed by atoms with E-state index in [0.717, 1.165) is 12.1 Å². The van der Waals surface area contributed by atoms with Gasteiger partial charge in [0.25, 0.3) is 0 Å². The molecule has 2 unspecified atom stereocenters. The van der Waals surface area contributed by atoms with E-state index in [4.69, 9.17) is 0 Å². The number of aromatic nitrogens is 1. The van der Waals surface area contributed by atoms with Crippen LogP contribution in [0.5, 0.6) is 0 Å². The van der Waals surface area contributed by atoms with Crippen LogP contribution in [0.3, 0.4) is 0 Å². The van der Waals surface area contributed by atoms with Crippen molar-refractivity contribution in [2.75, 3.05) is 6.54 Å². The fourth-order valence-electron chi connectivity index (χ4n) is 3.47. The first-order chi connectivity index (χ1) is 9.71. The third kappa shape index (κ3) is 2.57. The van der Waals surface area contributed by atoms with Gasteiger partial charge in [0.2, 0.25) is 0 Å². The molecule has 20 heavy (non-hydrogen) atoms. The second-order valence-corrected chi connectivity index (χ2v) is 6.37. The molecule has 0 aliphatic heterocycles. The van der Waals surface area contributed by atoms with Crippen molar-refractivity contribution in [3.05, 3.63) is 42.1 Å². The molecule has 0 saturated heterocycles. The van der Waals surface area contributed by atoms with Crippen LogP contribution in [-0.4, -0.2) is 17.6 Å². The molecule has 1 aromatic heterocycles. The fourth-order valence-corrected chi connectivity index (χ4v) is 3.47. The number of fused-ring (bicyclic) bond motifs is 1. The van der Waals surface area contributed by atoms with E-state index in [2.05, 4.69) is 48.4 Å². The van der Waals surface area contributed by atoms with E-state index in [1.54, 1.807) is 0 Å². The third-order valence-electron chi connectivity index (χ3n) is 4.73. The summed E-state index contributed by atoms with van der Waals surface area (Å²) >= 11 is 0. The number of hydrogen-bond acceptors (Lipinski definition) is 2. The molecule has 106 valence electrons. The van der Waals surface area contributed by atoms with E-state index in [0.29, 0.717) is 11.5 Å². The molecule has 0 bridgehead atoms. The highest BCUT2D eigenvalue weighted by atomic mass is 14.9. The summed E-state index contributed by atoms with van der Waals surface area (Å²) < 4.78 is 0. The highest BCUT2D eigenvalue weighted by Gasteiger charge is 2.36. The van der Waals surface area contributed by atoms with Crippen molar-refractivity contribution in [2.24, 2.45) is 0 Å². The van der Waals surface area contributed by atoms with Gasteiger partial charge in [0, 0.05) is 17.6 Å². The van der Waals surface area contributed by atoms with Crippen molar-refractivity contribution in [1.29, 1.82) is 0 Å². The van der Waals surface area contributed by atoms with Crippen molar-refractivity contribution in [2.45, 2.75) is 51.0 Å². The average molecular weight is 268 g/mol. The van der Waals surface area contributed by atoms with Crippen molar-refractivity contribution in [3.8, 4) is 0 Å². The molecule has 0 amide bonds. The molecule has 0 spiro atoms. The molecule has 1 saturated carbocycles. The zero-order chi connectivity index (χ0) is 14.0. The molecular formula is C18H24N2. The van der Waals surface area contributed by atoms with Gasteiger partial charge in [0.1, 0.15) is 0 Å². The number of hydrogen-bond donors (Lipinski definition) is 1. The Morgan fingerprint density at radius 3 is 3.10 bits per heavy atom. The number of nitrogens with zero attached hydrogens (tertiary/aromatic N) is 1. The topological polar surface area (TPSA) is 24.9 Å². The Kier molecular flexibility index (Phi) is 3.75. The molecule has 1 N–H and O–H groups in total. The molecule has 1 aliphatic carbocycles. The Labute approximate surface area is 121 Å². The van der Waals surface area contributed by atoms with Gasteiger partial charge in [0.05, 0.1) is 5.52 Å². The monoisotopic (exact) mass is 268 g/mol. The molecular weight excluding hydrogens is 244 g/mol. The maximum absolute atomic E-state index is 4.50. The standard InChI is InChI=1S/C18H24N2/c1-3-10-19-16-8-9-18(2,13-16)15-7-6-14-5-4-11-20-17(14)12-15/h4-7,11-12,16,19H,3,8-10,13H2,1-2H3. The van der Waals surface area contributed by atoms with Gasteiger partial charge in [0.15, 0.2) is 0 Å². The number of benzene rings is 1. The van der Waals surface area contributed by atoms with Crippen molar-refractivity contribution in [3.63, 3.8) is 0 Å². The van der Waals surface area contributed by atoms with E-state index in [-0.39, 0.29) is 0 Å². The summed E-state index contributed by atoms with van der Waals surface area (Å²) in [5.41, 5.74) is 2.87. The summed E-state index contributed by atoms with van der Waals surface area (Å²) in [6.45, 7) is 5.78. The van der Waals surface area contributed by atoms with Crippen molar-refractivity contribution in [1.82, 2.24) is 10.3 Å². The van der Waals surface area contributed by atoms with Crippen molar-refractivity contribution < 1.29 is 0 Å². The normalized spacial score (nSPS) is 26.2. The van der Waals surface area contributed by atoms with Gasteiger partial charge >= 0.3 is 0 Å². The molecule has 1 aliphatic rings. The lowest BCUT2D eigenvalue weighted by molar-refractivity contribution is 0.453. The second kappa shape index (κ2) is 5.53. The Morgan fingerprint density at radius 2 is 2.25 bits per heavy atom. The molecule has 1 heterocycles. The predicted molar refractivity (Wildman–Crippen MR) is 85.0 cm³/mol. The summed E-state index contributed by atoms with van der Waals surface area (Å²) in [5, 5.41) is 4.91. The number of rotatable bonds is 4. The number of nitrogens with one attached hydrogen (secondary N) is 1. The second-order valence-electron chi connectivity index (χ2n) is 6.37. The summed E-state index contributed by atoms with van der Waals surface area (Å²) in [6.07, 6.45) is 6.90. The van der Waals surface area contributed by atoms with Gasteiger partial charge in [-0.05, 0) is 55.3 Å². The van der Waals surface area contributed by atoms with Crippen LogP contribution in [0.25, 0.3) is 10.9 Å². The van der Waals surface area contributed by atoms with Crippen LogP contribution < -0.4 is 5.32 Å². The molecule has 1 fully saturated rings. The Balaban J connectivity index is 1.83. The number of pyridine rings is 1. The largest absolute Gasteiger partial charge is 0.314 e. The van der Waals surface area contributed by atoms with Crippen LogP contribution in [0.15, 0.2) is 36.5 Å². The van der Waals surface area contributed by atoms with Gasteiger partial charge in [-0.3, -0.25) is 4.98 Å². The highest BCUT2D eigenvalue weighted by Crippen LogP contribution is 2.41. The highest BCUT2D eigenvalue weighted by molar-refractivity contribution is 5.79. The molecule has 1 aromatic carbocycles. The van der Waals surface area contributed by atoms with Gasteiger partial charge in [-0.15, -0.1) is 0 Å². The zero-order valence-electron chi connectivity index (χ0n) is 12.5. The zero-order valence-corrected chi connectivity index (χ0v) is 12.5. The summed E-state index contributed by atoms with van der Waals surface area (Å²) in [4.78, 5) is 4.50. The van der Waals surface area contributed by atoms with Crippen LogP contribution in [0, 0.1) is 0 Å². The third-order valence-corrected chi connectivity index (χ3v) is 4.73. The molecule has 0 radical (unpaired) electrons. The van der Waals surface area contributed by atoms with E-state index >= 15 is 0 Å². The van der Waals surface area contributed by atoms with Gasteiger partial charge < -0.3 is 5.32 Å². The molecule has 2 heteroatoms. The van der Waals surface area contributed by atoms with Gasteiger partial charge in [-0.2, -0.15) is 0 Å². The first kappa shape index (κ1) is 13.6. The predicted octanol–water partition coefficient (Wildman–Crippen LogP) is 4.04. The van der Waals surface area contributed by atoms with E-state index in [1.165, 1.54) is 36.6 Å². The lowest BCUT2D eigenvalue weighted by Crippen LogP contribution is -2.29. The lowest BCUT2D eigenvalue weighted by Gasteiger charge is -2.25. The minimum Gasteiger partial charge on any atom is -0.314 e. The molecule has 3 rings (SSSR count). The van der Waals surface area contributed by atoms with Crippen LogP contribution in [0.4, 0.5) is 0 Å². The van der Waals surface area contributed by atoms with Crippen LogP contribution in [0.1, 0.15) is 45.1 Å². The van der Waals surface area contributed by atoms with Crippen LogP contribution >= 0.6 is 0 Å². The smallest absolute Gasteiger partial charge is 0.0704 e. The Bertz CT molecular complexity index is 593. The van der Waals surface area contributed by atoms with Crippen molar-refractivity contribution >= 4 is 10.9 Å². The fraction of sp³-hybridized carbons (Fsp3) is 0.500. The van der Waals surface area contributed by atoms with E-state index in [1.807, 2.05) is 12.3 Å². The van der Waals surface area contributed by atoms with E-state index in [9.17, 15) is 0 Å². The Hall–Kier alpha value is -1.41. The Morgan fingerprint density at radius 1 is 1.35 bits per heavy atom. The summed E-state index contributed by atoms with van der Waals surface area (Å²) in [7, 11) is 0. The SMILES string of the molecule is CCCNC1CCC(C)(c2ccc3cccnc3c2)C1. The maximum atomic E-state index is 4.50. The quantitative estimate of drug-likeness (QED) is 0.905. The minimum atomic E-state index is 0.303. The summed E-state index contributed by atoms with van der Waals surface area (Å²) in [5.74, 6) is 0. The van der Waals surface area contributed by atoms with E-state index < -0.39 is 0 Å². The van der Waals surface area contributed by atoms with Gasteiger partial charge in [-0.25, -0.2) is 0 Å². The first-order valence-electron chi connectivity index (χ1n) is 7.80. The minimum absolute atomic E-state index is 0.303. The van der Waals surface area contributed by atoms with Crippen LogP contribution in [-0.2, 0) is 5.41 Å². The maximum Gasteiger partial charge on any atom is 0.0704 e. The molecule has 2 atom stereocenters. The summed E-state index contributed by atoms with van der Waals surface area (Å²) in [6, 6.07) is 11.6. The average Bonchev–Trinajstić information content (AvgIpc) is 2.87. The molecule has 2 aromatic rings. The first-order valence-corrected chi connectivity index (χ1v) is 7.80. The molecule has 2 nitrogen and oxygen atoms in total. The van der Waals surface area contributed by atoms with Crippen LogP contribution in [0.2, 0.25) is 0 Å².